The van der Waals surface area contributed by atoms with Gasteiger partial charge in [-0.2, -0.15) is 0 Å². The number of Topliss-reactive ketones (excluding diaryl/α,β-unsaturated/α-hetero) is 2. The molecule has 0 aromatic heterocycles. The fourth-order valence-electron chi connectivity index (χ4n) is 2.98. The van der Waals surface area contributed by atoms with Crippen LogP contribution in [0.4, 0.5) is 0 Å². The molecule has 0 aliphatic carbocycles. The van der Waals surface area contributed by atoms with Gasteiger partial charge < -0.3 is 18.9 Å². The molecule has 0 saturated carbocycles. The van der Waals surface area contributed by atoms with Crippen molar-refractivity contribution in [2.45, 2.75) is 34.6 Å². The number of rotatable bonds is 14. The van der Waals surface area contributed by atoms with E-state index in [1.165, 1.54) is 0 Å². The number of carbonyl (C=O) groups is 4. The van der Waals surface area contributed by atoms with E-state index in [0.29, 0.717) is 22.6 Å². The smallest absolute Gasteiger partial charge is 0.344 e. The highest BCUT2D eigenvalue weighted by molar-refractivity contribution is 5.98. The summed E-state index contributed by atoms with van der Waals surface area (Å²) >= 11 is 0. The predicted molar refractivity (Wildman–Crippen MR) is 133 cm³/mol. The van der Waals surface area contributed by atoms with Gasteiger partial charge in [-0.3, -0.25) is 9.59 Å². The molecular weight excluding hydrogens is 464 g/mol. The summed E-state index contributed by atoms with van der Waals surface area (Å²) in [6.07, 6.45) is 0. The van der Waals surface area contributed by atoms with Crippen LogP contribution in [0.5, 0.6) is 11.5 Å². The van der Waals surface area contributed by atoms with Gasteiger partial charge in [0, 0.05) is 28.9 Å². The van der Waals surface area contributed by atoms with Crippen molar-refractivity contribution < 1.29 is 38.1 Å². The Morgan fingerprint density at radius 1 is 0.583 bits per heavy atom. The van der Waals surface area contributed by atoms with Gasteiger partial charge in [-0.15, -0.1) is 0 Å². The van der Waals surface area contributed by atoms with Crippen molar-refractivity contribution in [3.05, 3.63) is 59.7 Å². The number of hydrogen-bond donors (Lipinski definition) is 0. The Morgan fingerprint density at radius 2 is 0.917 bits per heavy atom. The van der Waals surface area contributed by atoms with E-state index in [1.807, 2.05) is 27.7 Å². The molecule has 0 spiro atoms. The molecular formula is C28H34O8. The van der Waals surface area contributed by atoms with Crippen LogP contribution in [-0.2, 0) is 19.1 Å². The van der Waals surface area contributed by atoms with Gasteiger partial charge >= 0.3 is 11.9 Å². The van der Waals surface area contributed by atoms with E-state index in [1.54, 1.807) is 55.5 Å². The molecule has 0 aliphatic rings. The van der Waals surface area contributed by atoms with Crippen molar-refractivity contribution in [2.24, 2.45) is 17.8 Å². The lowest BCUT2D eigenvalue weighted by Crippen LogP contribution is -2.23. The van der Waals surface area contributed by atoms with E-state index < -0.39 is 11.9 Å². The molecule has 2 aromatic rings. The second kappa shape index (κ2) is 14.0. The molecule has 2 rings (SSSR count). The van der Waals surface area contributed by atoms with Crippen molar-refractivity contribution in [3.63, 3.8) is 0 Å². The Bertz CT molecular complexity index is 939. The number of ketones is 2. The fourth-order valence-corrected chi connectivity index (χ4v) is 2.98. The van der Waals surface area contributed by atoms with Crippen LogP contribution >= 0.6 is 0 Å². The summed E-state index contributed by atoms with van der Waals surface area (Å²) in [5, 5.41) is 0. The van der Waals surface area contributed by atoms with Gasteiger partial charge in [-0.1, -0.05) is 34.6 Å². The van der Waals surface area contributed by atoms with Gasteiger partial charge in [0.15, 0.2) is 24.8 Å². The van der Waals surface area contributed by atoms with Crippen LogP contribution in [0.2, 0.25) is 0 Å². The van der Waals surface area contributed by atoms with Gasteiger partial charge in [0.2, 0.25) is 0 Å². The molecule has 2 aromatic carbocycles. The highest BCUT2D eigenvalue weighted by Crippen LogP contribution is 2.16. The Balaban J connectivity index is 1.63. The highest BCUT2D eigenvalue weighted by atomic mass is 16.6. The van der Waals surface area contributed by atoms with Crippen LogP contribution in [0.25, 0.3) is 0 Å². The zero-order valence-corrected chi connectivity index (χ0v) is 21.4. The first-order valence-electron chi connectivity index (χ1n) is 11.9. The number of carbonyl (C=O) groups excluding carboxylic acids is 4. The number of ether oxygens (including phenoxy) is 4. The van der Waals surface area contributed by atoms with Crippen molar-refractivity contribution in [1.82, 2.24) is 0 Å². The predicted octanol–water partition coefficient (Wildman–Crippen LogP) is 4.54. The van der Waals surface area contributed by atoms with E-state index >= 15 is 0 Å². The standard InChI is InChI=1S/C28H34O8/c1-18(2)27(31)21-6-10-23(11-7-21)33-16-25(29)35-14-20(5)15-36-26(30)17-34-24-12-8-22(9-13-24)28(32)19(3)4/h6-13,18-20H,14-17H2,1-5H3. The van der Waals surface area contributed by atoms with E-state index in [4.69, 9.17) is 18.9 Å². The van der Waals surface area contributed by atoms with Crippen LogP contribution < -0.4 is 9.47 Å². The number of benzene rings is 2. The molecule has 194 valence electrons. The Hall–Kier alpha value is -3.68. The molecule has 0 radical (unpaired) electrons. The summed E-state index contributed by atoms with van der Waals surface area (Å²) < 4.78 is 21.1. The minimum absolute atomic E-state index is 0.0376. The number of esters is 2. The monoisotopic (exact) mass is 498 g/mol. The first-order chi connectivity index (χ1) is 17.1. The third-order valence-corrected chi connectivity index (χ3v) is 5.10. The van der Waals surface area contributed by atoms with Crippen molar-refractivity contribution in [3.8, 4) is 11.5 Å². The second-order valence-electron chi connectivity index (χ2n) is 9.14. The Labute approximate surface area is 211 Å². The summed E-state index contributed by atoms with van der Waals surface area (Å²) in [5.41, 5.74) is 1.18. The highest BCUT2D eigenvalue weighted by Gasteiger charge is 2.14. The summed E-state index contributed by atoms with van der Waals surface area (Å²) in [6, 6.07) is 13.2. The maximum atomic E-state index is 12.0. The molecule has 0 unspecified atom stereocenters. The zero-order chi connectivity index (χ0) is 26.7. The van der Waals surface area contributed by atoms with Gasteiger partial charge in [-0.25, -0.2) is 9.59 Å². The van der Waals surface area contributed by atoms with Gasteiger partial charge in [0.25, 0.3) is 0 Å². The normalized spacial score (nSPS) is 10.9. The third kappa shape index (κ3) is 9.52. The van der Waals surface area contributed by atoms with Gasteiger partial charge in [0.1, 0.15) is 11.5 Å². The fraction of sp³-hybridized carbons (Fsp3) is 0.429. The summed E-state index contributed by atoms with van der Waals surface area (Å²) in [6.45, 7) is 8.66. The van der Waals surface area contributed by atoms with E-state index in [9.17, 15) is 19.2 Å². The maximum absolute atomic E-state index is 12.0. The lowest BCUT2D eigenvalue weighted by Gasteiger charge is -2.13. The SMILES string of the molecule is CC(COC(=O)COc1ccc(C(=O)C(C)C)cc1)COC(=O)COc1ccc(C(=O)C(C)C)cc1. The molecule has 0 N–H and O–H groups in total. The zero-order valence-electron chi connectivity index (χ0n) is 21.4. The van der Waals surface area contributed by atoms with Crippen molar-refractivity contribution >= 4 is 23.5 Å². The topological polar surface area (TPSA) is 105 Å². The van der Waals surface area contributed by atoms with Gasteiger partial charge in [0.05, 0.1) is 13.2 Å². The summed E-state index contributed by atoms with van der Waals surface area (Å²) in [7, 11) is 0. The molecule has 0 bridgehead atoms. The van der Waals surface area contributed by atoms with Crippen molar-refractivity contribution in [2.75, 3.05) is 26.4 Å². The molecule has 8 nitrogen and oxygen atoms in total. The first-order valence-corrected chi connectivity index (χ1v) is 11.9. The quantitative estimate of drug-likeness (QED) is 0.276. The van der Waals surface area contributed by atoms with E-state index in [2.05, 4.69) is 0 Å². The Morgan fingerprint density at radius 3 is 1.22 bits per heavy atom. The summed E-state index contributed by atoms with van der Waals surface area (Å²) in [5.74, 6) is -0.546. The molecule has 36 heavy (non-hydrogen) atoms. The maximum Gasteiger partial charge on any atom is 0.344 e. The second-order valence-corrected chi connectivity index (χ2v) is 9.14. The van der Waals surface area contributed by atoms with Crippen LogP contribution in [0.15, 0.2) is 48.5 Å². The molecule has 0 heterocycles. The minimum atomic E-state index is -0.557. The first kappa shape index (κ1) is 28.6. The van der Waals surface area contributed by atoms with Crippen LogP contribution in [-0.4, -0.2) is 49.9 Å². The molecule has 8 heteroatoms. The van der Waals surface area contributed by atoms with Gasteiger partial charge in [-0.05, 0) is 48.5 Å². The third-order valence-electron chi connectivity index (χ3n) is 5.10. The number of hydrogen-bond acceptors (Lipinski definition) is 8. The molecule has 0 saturated heterocycles. The lowest BCUT2D eigenvalue weighted by atomic mass is 10.0. The molecule has 0 aliphatic heterocycles. The molecule has 0 amide bonds. The average Bonchev–Trinajstić information content (AvgIpc) is 2.87. The molecule has 0 fully saturated rings. The van der Waals surface area contributed by atoms with E-state index in [0.717, 1.165) is 0 Å². The summed E-state index contributed by atoms with van der Waals surface area (Å²) in [4.78, 5) is 47.8. The van der Waals surface area contributed by atoms with E-state index in [-0.39, 0.29) is 55.7 Å². The molecule has 0 atom stereocenters. The lowest BCUT2D eigenvalue weighted by molar-refractivity contribution is -0.151. The largest absolute Gasteiger partial charge is 0.482 e. The Kier molecular flexibility index (Phi) is 11.1. The van der Waals surface area contributed by atoms with Crippen LogP contribution in [0.3, 0.4) is 0 Å². The average molecular weight is 499 g/mol. The van der Waals surface area contributed by atoms with Crippen LogP contribution in [0, 0.1) is 17.8 Å². The van der Waals surface area contributed by atoms with Crippen LogP contribution in [0.1, 0.15) is 55.3 Å². The van der Waals surface area contributed by atoms with Crippen molar-refractivity contribution in [1.29, 1.82) is 0 Å². The minimum Gasteiger partial charge on any atom is -0.482 e.